The number of hydrogen-bond acceptors (Lipinski definition) is 6. The first-order valence-electron chi connectivity index (χ1n) is 20.5. The van der Waals surface area contributed by atoms with Gasteiger partial charge in [0.15, 0.2) is 0 Å². The van der Waals surface area contributed by atoms with Crippen molar-refractivity contribution in [2.75, 3.05) is 46.2 Å². The minimum Gasteiger partial charge on any atom is -0.446 e. The molecule has 1 N–H and O–H groups in total. The average molecular weight is 688 g/mol. The van der Waals surface area contributed by atoms with Gasteiger partial charge in [-0.15, -0.1) is 0 Å². The number of carbonyl (C=O) groups excluding carboxylic acids is 2. The summed E-state index contributed by atoms with van der Waals surface area (Å²) in [6.45, 7) is 18.4. The fraction of sp³-hybridized carbons (Fsp3) is 0.905. The van der Waals surface area contributed by atoms with E-state index in [1.54, 1.807) is 5.57 Å². The maximum atomic E-state index is 12.6. The molecule has 0 saturated heterocycles. The Kier molecular flexibility index (Phi) is 16.4. The van der Waals surface area contributed by atoms with Crippen LogP contribution < -0.4 is 5.32 Å². The molecule has 0 radical (unpaired) electrons. The highest BCUT2D eigenvalue weighted by Crippen LogP contribution is 2.67. The predicted octanol–water partition coefficient (Wildman–Crippen LogP) is 9.71. The molecule has 0 spiro atoms. The lowest BCUT2D eigenvalue weighted by Crippen LogP contribution is -2.51. The SMILES string of the molecule is CCCC(=O)CCCOCCOCCOCCCNC(=O)OC1CC[C@@]2(C)C(=CC[C@H]3[C@@H]4CC[C@H]([C@H](C)CCCC(C)C)[C@@]4(C)CC[C@@H]32)C1. The summed E-state index contributed by atoms with van der Waals surface area (Å²) in [7, 11) is 0. The summed E-state index contributed by atoms with van der Waals surface area (Å²) in [5, 5.41) is 2.94. The molecule has 3 saturated carbocycles. The molecule has 3 fully saturated rings. The maximum absolute atomic E-state index is 12.6. The van der Waals surface area contributed by atoms with Crippen LogP contribution in [0.5, 0.6) is 0 Å². The zero-order valence-corrected chi connectivity index (χ0v) is 32.3. The molecule has 1 unspecified atom stereocenters. The topological polar surface area (TPSA) is 83.1 Å². The molecule has 4 aliphatic carbocycles. The largest absolute Gasteiger partial charge is 0.446 e. The van der Waals surface area contributed by atoms with Crippen molar-refractivity contribution in [3.05, 3.63) is 11.6 Å². The molecule has 7 nitrogen and oxygen atoms in total. The van der Waals surface area contributed by atoms with Crippen molar-refractivity contribution in [2.45, 2.75) is 150 Å². The first kappa shape index (κ1) is 40.3. The highest BCUT2D eigenvalue weighted by atomic mass is 16.6. The molecule has 0 bridgehead atoms. The Morgan fingerprint density at radius 3 is 2.27 bits per heavy atom. The van der Waals surface area contributed by atoms with Crippen molar-refractivity contribution in [3.8, 4) is 0 Å². The van der Waals surface area contributed by atoms with Crippen molar-refractivity contribution in [2.24, 2.45) is 46.3 Å². The summed E-state index contributed by atoms with van der Waals surface area (Å²) < 4.78 is 22.6. The Morgan fingerprint density at radius 1 is 0.837 bits per heavy atom. The number of nitrogens with one attached hydrogen (secondary N) is 1. The molecular formula is C42H73NO6. The number of fused-ring (bicyclic) bond motifs is 5. The smallest absolute Gasteiger partial charge is 0.407 e. The van der Waals surface area contributed by atoms with E-state index in [2.05, 4.69) is 46.0 Å². The van der Waals surface area contributed by atoms with Gasteiger partial charge < -0.3 is 24.3 Å². The molecule has 4 rings (SSSR count). The molecule has 49 heavy (non-hydrogen) atoms. The van der Waals surface area contributed by atoms with Crippen LogP contribution in [-0.4, -0.2) is 64.2 Å². The van der Waals surface area contributed by atoms with E-state index in [1.165, 1.54) is 51.4 Å². The molecule has 7 heteroatoms. The van der Waals surface area contributed by atoms with Crippen LogP contribution in [0.25, 0.3) is 0 Å². The van der Waals surface area contributed by atoms with Crippen molar-refractivity contribution in [3.63, 3.8) is 0 Å². The molecule has 8 atom stereocenters. The summed E-state index contributed by atoms with van der Waals surface area (Å²) in [6.07, 6.45) is 20.0. The molecule has 1 amide bonds. The van der Waals surface area contributed by atoms with Gasteiger partial charge in [0.1, 0.15) is 11.9 Å². The Bertz CT molecular complexity index is 1040. The van der Waals surface area contributed by atoms with E-state index in [0.717, 1.165) is 74.0 Å². The highest BCUT2D eigenvalue weighted by Gasteiger charge is 2.59. The second-order valence-electron chi connectivity index (χ2n) is 17.1. The van der Waals surface area contributed by atoms with Crippen LogP contribution in [0.15, 0.2) is 11.6 Å². The van der Waals surface area contributed by atoms with Gasteiger partial charge in [-0.3, -0.25) is 4.79 Å². The fourth-order valence-corrected chi connectivity index (χ4v) is 10.6. The van der Waals surface area contributed by atoms with E-state index >= 15 is 0 Å². The standard InChI is InChI=1S/C42H73NO6/c1-7-11-34(44)14-9-24-46-26-28-48-29-27-47-25-10-23-43-40(45)49-35-19-21-41(5)33(30-35)15-16-36-38-18-17-37(32(4)13-8-12-31(2)3)42(38,6)22-20-39(36)41/h15,31-32,35-39H,7-14,16-30H2,1-6H3,(H,43,45)/t32-,35?,36+,37-,38+,39+,41+,42-/m1/s1. The first-order chi connectivity index (χ1) is 23.6. The highest BCUT2D eigenvalue weighted by molar-refractivity contribution is 5.78. The van der Waals surface area contributed by atoms with Crippen LogP contribution in [0.4, 0.5) is 4.79 Å². The Labute approximate surface area is 299 Å². The van der Waals surface area contributed by atoms with E-state index < -0.39 is 0 Å². The third-order valence-corrected chi connectivity index (χ3v) is 13.3. The van der Waals surface area contributed by atoms with E-state index in [-0.39, 0.29) is 17.6 Å². The molecule has 4 aliphatic rings. The zero-order valence-electron chi connectivity index (χ0n) is 32.3. The van der Waals surface area contributed by atoms with Crippen LogP contribution in [0, 0.1) is 46.3 Å². The minimum absolute atomic E-state index is 0.0202. The molecule has 0 heterocycles. The third-order valence-electron chi connectivity index (χ3n) is 13.3. The van der Waals surface area contributed by atoms with Gasteiger partial charge in [0.2, 0.25) is 0 Å². The molecule has 0 aromatic heterocycles. The van der Waals surface area contributed by atoms with Gasteiger partial charge in [-0.1, -0.05) is 72.5 Å². The number of ketones is 1. The van der Waals surface area contributed by atoms with E-state index in [4.69, 9.17) is 18.9 Å². The monoisotopic (exact) mass is 688 g/mol. The summed E-state index contributed by atoms with van der Waals surface area (Å²) in [5.41, 5.74) is 2.36. The molecule has 0 aromatic rings. The van der Waals surface area contributed by atoms with Gasteiger partial charge in [-0.2, -0.15) is 0 Å². The number of allylic oxidation sites excluding steroid dienone is 1. The maximum Gasteiger partial charge on any atom is 0.407 e. The van der Waals surface area contributed by atoms with Crippen molar-refractivity contribution in [1.29, 1.82) is 0 Å². The predicted molar refractivity (Wildman–Crippen MR) is 198 cm³/mol. The number of rotatable bonds is 22. The summed E-state index contributed by atoms with van der Waals surface area (Å²) in [4.78, 5) is 24.1. The fourth-order valence-electron chi connectivity index (χ4n) is 10.6. The lowest BCUT2D eigenvalue weighted by atomic mass is 9.47. The first-order valence-corrected chi connectivity index (χ1v) is 20.5. The van der Waals surface area contributed by atoms with Gasteiger partial charge >= 0.3 is 6.09 Å². The van der Waals surface area contributed by atoms with Crippen LogP contribution in [0.1, 0.15) is 144 Å². The van der Waals surface area contributed by atoms with Crippen LogP contribution in [0.3, 0.4) is 0 Å². The van der Waals surface area contributed by atoms with Crippen molar-refractivity contribution in [1.82, 2.24) is 5.32 Å². The van der Waals surface area contributed by atoms with Gasteiger partial charge in [-0.25, -0.2) is 4.79 Å². The molecule has 0 aliphatic heterocycles. The quantitative estimate of drug-likeness (QED) is 0.0902. The van der Waals surface area contributed by atoms with E-state index in [0.29, 0.717) is 70.2 Å². The lowest BCUT2D eigenvalue weighted by molar-refractivity contribution is -0.119. The average Bonchev–Trinajstić information content (AvgIpc) is 3.42. The summed E-state index contributed by atoms with van der Waals surface area (Å²) in [6, 6.07) is 0. The summed E-state index contributed by atoms with van der Waals surface area (Å²) >= 11 is 0. The van der Waals surface area contributed by atoms with Gasteiger partial charge in [0.05, 0.1) is 26.4 Å². The van der Waals surface area contributed by atoms with Crippen LogP contribution >= 0.6 is 0 Å². The Hall–Kier alpha value is -1.44. The molecular weight excluding hydrogens is 614 g/mol. The minimum atomic E-state index is -0.297. The normalized spacial score (nSPS) is 31.4. The van der Waals surface area contributed by atoms with Crippen molar-refractivity contribution >= 4 is 11.9 Å². The number of alkyl carbamates (subject to hydrolysis) is 1. The van der Waals surface area contributed by atoms with Crippen LogP contribution in [0.2, 0.25) is 0 Å². The number of amides is 1. The second-order valence-corrected chi connectivity index (χ2v) is 17.1. The van der Waals surface area contributed by atoms with Crippen molar-refractivity contribution < 1.29 is 28.5 Å². The van der Waals surface area contributed by atoms with Gasteiger partial charge in [0, 0.05) is 39.0 Å². The lowest BCUT2D eigenvalue weighted by Gasteiger charge is -2.58. The third kappa shape index (κ3) is 11.3. The van der Waals surface area contributed by atoms with E-state index in [9.17, 15) is 9.59 Å². The molecule has 0 aromatic carbocycles. The van der Waals surface area contributed by atoms with E-state index in [1.807, 2.05) is 6.92 Å². The number of carbonyl (C=O) groups is 2. The zero-order chi connectivity index (χ0) is 35.3. The Balaban J connectivity index is 1.08. The van der Waals surface area contributed by atoms with Crippen LogP contribution in [-0.2, 0) is 23.7 Å². The Morgan fingerprint density at radius 2 is 1.55 bits per heavy atom. The number of Topliss-reactive ketones (excluding diaryl/α,β-unsaturated/α-hetero) is 1. The number of ether oxygens (including phenoxy) is 4. The van der Waals surface area contributed by atoms with Gasteiger partial charge in [-0.05, 0) is 111 Å². The number of hydrogen-bond donors (Lipinski definition) is 1. The summed E-state index contributed by atoms with van der Waals surface area (Å²) in [5.74, 6) is 5.37. The molecule has 282 valence electrons. The van der Waals surface area contributed by atoms with Gasteiger partial charge in [0.25, 0.3) is 0 Å². The second kappa shape index (κ2) is 20.0.